The summed E-state index contributed by atoms with van der Waals surface area (Å²) < 4.78 is 0. The van der Waals surface area contributed by atoms with Crippen molar-refractivity contribution in [3.8, 4) is 0 Å². The van der Waals surface area contributed by atoms with Crippen molar-refractivity contribution >= 4 is 52.8 Å². The van der Waals surface area contributed by atoms with Crippen molar-refractivity contribution in [2.45, 2.75) is 19.3 Å². The topological polar surface area (TPSA) is 39.5 Å². The lowest BCUT2D eigenvalue weighted by Crippen LogP contribution is -2.33. The molecule has 2 heterocycles. The molecule has 1 fully saturated rings. The second-order valence-corrected chi connectivity index (χ2v) is 6.40. The van der Waals surface area contributed by atoms with Gasteiger partial charge >= 0.3 is 0 Å². The zero-order chi connectivity index (χ0) is 13.9. The Morgan fingerprint density at radius 3 is 2.48 bits per heavy atom. The Bertz CT molecular complexity index is 575. The van der Waals surface area contributed by atoms with E-state index in [2.05, 4.69) is 9.89 Å². The number of halogens is 2. The number of piperidine rings is 1. The number of nitrogens with zero attached hydrogens (tertiary/aromatic N) is 2. The van der Waals surface area contributed by atoms with Gasteiger partial charge in [-0.3, -0.25) is 5.41 Å². The Morgan fingerprint density at radius 1 is 1.14 bits per heavy atom. The quantitative estimate of drug-likeness (QED) is 0.806. The van der Waals surface area contributed by atoms with Gasteiger partial charge < -0.3 is 4.90 Å². The molecule has 0 saturated carbocycles. The van der Waals surface area contributed by atoms with Crippen LogP contribution in [0.4, 0.5) is 0 Å². The van der Waals surface area contributed by atoms with Crippen LogP contribution in [0.15, 0.2) is 34.2 Å². The monoisotopic (exact) mass is 341 g/mol. The van der Waals surface area contributed by atoms with E-state index in [0.717, 1.165) is 33.7 Å². The van der Waals surface area contributed by atoms with Gasteiger partial charge in [0.05, 0.1) is 4.91 Å². The number of hydrogen-bond acceptors (Lipinski definition) is 3. The average molecular weight is 342 g/mol. The Hall–Kier alpha value is -0.970. The largest absolute Gasteiger partial charge is 0.351 e. The Labute approximate surface area is 140 Å². The van der Waals surface area contributed by atoms with Gasteiger partial charge in [0.15, 0.2) is 11.0 Å². The molecule has 0 radical (unpaired) electrons. The highest BCUT2D eigenvalue weighted by atomic mass is 35.5. The zero-order valence-corrected chi connectivity index (χ0v) is 13.9. The molecule has 0 spiro atoms. The van der Waals surface area contributed by atoms with E-state index in [0.29, 0.717) is 5.84 Å². The summed E-state index contributed by atoms with van der Waals surface area (Å²) in [4.78, 5) is 7.61. The summed E-state index contributed by atoms with van der Waals surface area (Å²) in [5, 5.41) is 9.73. The molecule has 0 amide bonds. The number of rotatable bonds is 1. The van der Waals surface area contributed by atoms with Crippen LogP contribution in [0.1, 0.15) is 24.8 Å². The van der Waals surface area contributed by atoms with E-state index < -0.39 is 0 Å². The number of amidine groups is 2. The Balaban J connectivity index is 0.00000161. The number of likely N-dealkylation sites (tertiary alicyclic amines) is 1. The average Bonchev–Trinajstić information content (AvgIpc) is 2.84. The van der Waals surface area contributed by atoms with Crippen LogP contribution in [-0.2, 0) is 0 Å². The third kappa shape index (κ3) is 4.02. The SMILES string of the molecule is Cl.N=C1N=C(N2CCCCC2)S/C1=C\c1ccc(Cl)cc1. The highest BCUT2D eigenvalue weighted by Crippen LogP contribution is 2.31. The van der Waals surface area contributed by atoms with Crippen LogP contribution in [0, 0.1) is 5.41 Å². The summed E-state index contributed by atoms with van der Waals surface area (Å²) in [6, 6.07) is 7.65. The maximum absolute atomic E-state index is 8.02. The number of hydrogen-bond donors (Lipinski definition) is 1. The highest BCUT2D eigenvalue weighted by molar-refractivity contribution is 8.18. The molecule has 1 aromatic carbocycles. The second-order valence-electron chi connectivity index (χ2n) is 4.95. The summed E-state index contributed by atoms with van der Waals surface area (Å²) in [7, 11) is 0. The van der Waals surface area contributed by atoms with Crippen LogP contribution in [0.2, 0.25) is 5.02 Å². The zero-order valence-electron chi connectivity index (χ0n) is 11.5. The summed E-state index contributed by atoms with van der Waals surface area (Å²) >= 11 is 7.49. The fourth-order valence-corrected chi connectivity index (χ4v) is 3.46. The molecule has 2 aliphatic rings. The van der Waals surface area contributed by atoms with Gasteiger partial charge in [-0.05, 0) is 54.8 Å². The summed E-state index contributed by atoms with van der Waals surface area (Å²) in [5.41, 5.74) is 1.05. The molecule has 0 unspecified atom stereocenters. The van der Waals surface area contributed by atoms with Crippen molar-refractivity contribution in [3.05, 3.63) is 39.8 Å². The van der Waals surface area contributed by atoms with E-state index in [1.54, 1.807) is 11.8 Å². The lowest BCUT2D eigenvalue weighted by atomic mass is 10.1. The first kappa shape index (κ1) is 16.4. The van der Waals surface area contributed by atoms with Gasteiger partial charge in [0, 0.05) is 18.1 Å². The maximum Gasteiger partial charge on any atom is 0.171 e. The first-order valence-corrected chi connectivity index (χ1v) is 7.99. The first-order chi connectivity index (χ1) is 9.72. The van der Waals surface area contributed by atoms with Crippen molar-refractivity contribution in [2.24, 2.45) is 4.99 Å². The van der Waals surface area contributed by atoms with Crippen LogP contribution >= 0.6 is 35.8 Å². The molecule has 0 aromatic heterocycles. The number of nitrogens with one attached hydrogen (secondary N) is 1. The lowest BCUT2D eigenvalue weighted by molar-refractivity contribution is 0.348. The van der Waals surface area contributed by atoms with E-state index in [9.17, 15) is 0 Å². The summed E-state index contributed by atoms with van der Waals surface area (Å²) in [6.45, 7) is 2.13. The van der Waals surface area contributed by atoms with Crippen molar-refractivity contribution in [1.82, 2.24) is 4.90 Å². The molecular formula is C15H17Cl2N3S. The molecule has 0 atom stereocenters. The van der Waals surface area contributed by atoms with Crippen LogP contribution in [0.3, 0.4) is 0 Å². The lowest BCUT2D eigenvalue weighted by Gasteiger charge is -2.27. The first-order valence-electron chi connectivity index (χ1n) is 6.80. The minimum absolute atomic E-state index is 0. The molecule has 3 nitrogen and oxygen atoms in total. The van der Waals surface area contributed by atoms with Gasteiger partial charge in [0.1, 0.15) is 0 Å². The van der Waals surface area contributed by atoms with E-state index >= 15 is 0 Å². The third-order valence-electron chi connectivity index (χ3n) is 3.44. The van der Waals surface area contributed by atoms with Gasteiger partial charge in [-0.25, -0.2) is 4.99 Å². The van der Waals surface area contributed by atoms with Gasteiger partial charge in [-0.15, -0.1) is 12.4 Å². The van der Waals surface area contributed by atoms with Crippen molar-refractivity contribution < 1.29 is 0 Å². The molecule has 1 saturated heterocycles. The second kappa shape index (κ2) is 7.34. The normalized spacial score (nSPS) is 20.4. The molecular weight excluding hydrogens is 325 g/mol. The number of aliphatic imine (C=N–C) groups is 1. The molecule has 112 valence electrons. The maximum atomic E-state index is 8.02. The fourth-order valence-electron chi connectivity index (χ4n) is 2.35. The molecule has 0 aliphatic carbocycles. The van der Waals surface area contributed by atoms with E-state index in [4.69, 9.17) is 17.0 Å². The van der Waals surface area contributed by atoms with Crippen molar-refractivity contribution in [3.63, 3.8) is 0 Å². The van der Waals surface area contributed by atoms with Crippen LogP contribution in [-0.4, -0.2) is 29.0 Å². The molecule has 1 N–H and O–H groups in total. The summed E-state index contributed by atoms with van der Waals surface area (Å²) in [6.07, 6.45) is 5.76. The van der Waals surface area contributed by atoms with Gasteiger partial charge in [-0.1, -0.05) is 23.7 Å². The molecule has 2 aliphatic heterocycles. The predicted octanol–water partition coefficient (Wildman–Crippen LogP) is 4.67. The predicted molar refractivity (Wildman–Crippen MR) is 94.9 cm³/mol. The fraction of sp³-hybridized carbons (Fsp3) is 0.333. The number of benzene rings is 1. The minimum Gasteiger partial charge on any atom is -0.351 e. The van der Waals surface area contributed by atoms with Crippen molar-refractivity contribution in [2.75, 3.05) is 13.1 Å². The summed E-state index contributed by atoms with van der Waals surface area (Å²) in [5.74, 6) is 0.366. The molecule has 1 aromatic rings. The minimum atomic E-state index is 0. The van der Waals surface area contributed by atoms with E-state index in [1.807, 2.05) is 30.3 Å². The van der Waals surface area contributed by atoms with Gasteiger partial charge in [-0.2, -0.15) is 0 Å². The molecule has 0 bridgehead atoms. The van der Waals surface area contributed by atoms with Crippen LogP contribution in [0.5, 0.6) is 0 Å². The molecule has 6 heteroatoms. The third-order valence-corrected chi connectivity index (χ3v) is 4.75. The van der Waals surface area contributed by atoms with Crippen molar-refractivity contribution in [1.29, 1.82) is 5.41 Å². The Kier molecular flexibility index (Phi) is 5.73. The van der Waals surface area contributed by atoms with Crippen LogP contribution < -0.4 is 0 Å². The van der Waals surface area contributed by atoms with Gasteiger partial charge in [0.2, 0.25) is 0 Å². The van der Waals surface area contributed by atoms with E-state index in [1.165, 1.54) is 19.3 Å². The Morgan fingerprint density at radius 2 is 1.81 bits per heavy atom. The highest BCUT2D eigenvalue weighted by Gasteiger charge is 2.24. The van der Waals surface area contributed by atoms with E-state index in [-0.39, 0.29) is 12.4 Å². The van der Waals surface area contributed by atoms with Crippen LogP contribution in [0.25, 0.3) is 6.08 Å². The standard InChI is InChI=1S/C15H16ClN3S.ClH/c16-12-6-4-11(5-7-12)10-13-14(17)18-15(20-13)19-8-2-1-3-9-19;/h4-7,10,17H,1-3,8-9H2;1H/b13-10-,17-14?;. The number of thioether (sulfide) groups is 1. The van der Waals surface area contributed by atoms with Gasteiger partial charge in [0.25, 0.3) is 0 Å². The molecule has 21 heavy (non-hydrogen) atoms. The smallest absolute Gasteiger partial charge is 0.171 e. The molecule has 3 rings (SSSR count).